The number of aryl methyl sites for hydroxylation is 1. The minimum Gasteiger partial charge on any atom is -0.349 e. The molecule has 0 bridgehead atoms. The number of fused-ring (bicyclic) bond motifs is 1. The fraction of sp³-hybridized carbons (Fsp3) is 0.417. The fourth-order valence-electron chi connectivity index (χ4n) is 1.89. The monoisotopic (exact) mass is 248 g/mol. The van der Waals surface area contributed by atoms with Crippen LogP contribution in [-0.4, -0.2) is 26.1 Å². The highest BCUT2D eigenvalue weighted by Crippen LogP contribution is 2.07. The molecule has 2 aromatic rings. The first-order valence-corrected chi connectivity index (χ1v) is 5.93. The van der Waals surface area contributed by atoms with Gasteiger partial charge in [-0.2, -0.15) is 4.52 Å². The SMILES string of the molecule is CCn1c(C(=O)NC(C)C)cc2nccc(=O)n21. The van der Waals surface area contributed by atoms with E-state index in [2.05, 4.69) is 10.3 Å². The van der Waals surface area contributed by atoms with Crippen LogP contribution in [0.15, 0.2) is 23.1 Å². The van der Waals surface area contributed by atoms with E-state index >= 15 is 0 Å². The van der Waals surface area contributed by atoms with Crippen molar-refractivity contribution in [2.24, 2.45) is 0 Å². The first-order valence-electron chi connectivity index (χ1n) is 5.93. The zero-order valence-corrected chi connectivity index (χ0v) is 10.7. The molecule has 0 fully saturated rings. The van der Waals surface area contributed by atoms with Crippen molar-refractivity contribution in [1.82, 2.24) is 19.5 Å². The van der Waals surface area contributed by atoms with Crippen molar-refractivity contribution in [3.05, 3.63) is 34.4 Å². The maximum absolute atomic E-state index is 12.0. The number of nitrogens with zero attached hydrogens (tertiary/aromatic N) is 3. The Morgan fingerprint density at radius 3 is 2.83 bits per heavy atom. The van der Waals surface area contributed by atoms with Gasteiger partial charge in [0.05, 0.1) is 0 Å². The van der Waals surface area contributed by atoms with Gasteiger partial charge in [0.15, 0.2) is 5.65 Å². The van der Waals surface area contributed by atoms with Gasteiger partial charge in [-0.15, -0.1) is 0 Å². The Labute approximate surface area is 104 Å². The summed E-state index contributed by atoms with van der Waals surface area (Å²) in [7, 11) is 0. The number of amides is 1. The molecule has 0 aliphatic carbocycles. The molecule has 0 unspecified atom stereocenters. The van der Waals surface area contributed by atoms with Gasteiger partial charge in [-0.25, -0.2) is 4.98 Å². The average molecular weight is 248 g/mol. The smallest absolute Gasteiger partial charge is 0.272 e. The second-order valence-electron chi connectivity index (χ2n) is 4.33. The summed E-state index contributed by atoms with van der Waals surface area (Å²) in [6, 6.07) is 3.05. The van der Waals surface area contributed by atoms with Crippen molar-refractivity contribution in [3.63, 3.8) is 0 Å². The maximum Gasteiger partial charge on any atom is 0.272 e. The van der Waals surface area contributed by atoms with Crippen molar-refractivity contribution >= 4 is 11.6 Å². The summed E-state index contributed by atoms with van der Waals surface area (Å²) in [5, 5.41) is 2.81. The summed E-state index contributed by atoms with van der Waals surface area (Å²) in [5.74, 6) is -0.197. The third-order valence-corrected chi connectivity index (χ3v) is 2.59. The van der Waals surface area contributed by atoms with Crippen molar-refractivity contribution in [3.8, 4) is 0 Å². The van der Waals surface area contributed by atoms with Crippen LogP contribution in [-0.2, 0) is 6.54 Å². The minimum absolute atomic E-state index is 0.0468. The number of hydrogen-bond acceptors (Lipinski definition) is 3. The lowest BCUT2D eigenvalue weighted by molar-refractivity contribution is 0.0931. The van der Waals surface area contributed by atoms with Gasteiger partial charge >= 0.3 is 0 Å². The second-order valence-corrected chi connectivity index (χ2v) is 4.33. The summed E-state index contributed by atoms with van der Waals surface area (Å²) >= 11 is 0. The normalized spacial score (nSPS) is 11.1. The molecule has 0 aromatic carbocycles. The van der Waals surface area contributed by atoms with Crippen molar-refractivity contribution < 1.29 is 4.79 Å². The molecule has 0 spiro atoms. The Balaban J connectivity index is 2.61. The molecular formula is C12H16N4O2. The lowest BCUT2D eigenvalue weighted by Gasteiger charge is -2.10. The van der Waals surface area contributed by atoms with Gasteiger partial charge in [-0.3, -0.25) is 14.3 Å². The molecule has 0 aliphatic heterocycles. The Kier molecular flexibility index (Phi) is 3.18. The fourth-order valence-corrected chi connectivity index (χ4v) is 1.89. The largest absolute Gasteiger partial charge is 0.349 e. The third kappa shape index (κ3) is 2.01. The number of nitrogens with one attached hydrogen (secondary N) is 1. The van der Waals surface area contributed by atoms with E-state index in [4.69, 9.17) is 0 Å². The van der Waals surface area contributed by atoms with Crippen LogP contribution in [0, 0.1) is 0 Å². The number of carbonyl (C=O) groups excluding carboxylic acids is 1. The van der Waals surface area contributed by atoms with Gasteiger partial charge in [-0.1, -0.05) is 0 Å². The van der Waals surface area contributed by atoms with Crippen LogP contribution < -0.4 is 10.9 Å². The highest BCUT2D eigenvalue weighted by Gasteiger charge is 2.16. The van der Waals surface area contributed by atoms with Crippen LogP contribution in [0.25, 0.3) is 5.65 Å². The van der Waals surface area contributed by atoms with E-state index < -0.39 is 0 Å². The number of carbonyl (C=O) groups is 1. The maximum atomic E-state index is 12.0. The second kappa shape index (κ2) is 4.64. The molecule has 0 atom stereocenters. The van der Waals surface area contributed by atoms with Gasteiger partial charge in [0.2, 0.25) is 0 Å². The van der Waals surface area contributed by atoms with Crippen molar-refractivity contribution in [2.75, 3.05) is 0 Å². The van der Waals surface area contributed by atoms with E-state index in [1.54, 1.807) is 10.7 Å². The van der Waals surface area contributed by atoms with E-state index in [1.165, 1.54) is 16.8 Å². The molecule has 0 saturated heterocycles. The van der Waals surface area contributed by atoms with Gasteiger partial charge in [0.1, 0.15) is 5.69 Å². The Morgan fingerprint density at radius 2 is 2.22 bits per heavy atom. The van der Waals surface area contributed by atoms with Crippen LogP contribution >= 0.6 is 0 Å². The molecule has 0 radical (unpaired) electrons. The molecule has 0 saturated carbocycles. The van der Waals surface area contributed by atoms with E-state index in [0.29, 0.717) is 17.9 Å². The summed E-state index contributed by atoms with van der Waals surface area (Å²) < 4.78 is 3.04. The first kappa shape index (κ1) is 12.3. The number of aromatic nitrogens is 3. The van der Waals surface area contributed by atoms with Crippen LogP contribution in [0.4, 0.5) is 0 Å². The molecule has 2 heterocycles. The zero-order valence-electron chi connectivity index (χ0n) is 10.7. The van der Waals surface area contributed by atoms with Gasteiger partial charge in [0, 0.05) is 30.9 Å². The van der Waals surface area contributed by atoms with Crippen molar-refractivity contribution in [1.29, 1.82) is 0 Å². The lowest BCUT2D eigenvalue weighted by Crippen LogP contribution is -2.33. The summed E-state index contributed by atoms with van der Waals surface area (Å²) in [5.41, 5.74) is 0.741. The third-order valence-electron chi connectivity index (χ3n) is 2.59. The standard InChI is InChI=1S/C12H16N4O2/c1-4-15-9(12(18)14-8(2)3)7-10-13-6-5-11(17)16(10)15/h5-8H,4H2,1-3H3,(H,14,18). The van der Waals surface area contributed by atoms with Gasteiger partial charge in [0.25, 0.3) is 11.5 Å². The lowest BCUT2D eigenvalue weighted by atomic mass is 10.3. The quantitative estimate of drug-likeness (QED) is 0.867. The van der Waals surface area contributed by atoms with E-state index in [0.717, 1.165) is 0 Å². The van der Waals surface area contributed by atoms with Crippen LogP contribution in [0.2, 0.25) is 0 Å². The molecule has 1 amide bonds. The summed E-state index contributed by atoms with van der Waals surface area (Å²) in [6.45, 7) is 6.18. The summed E-state index contributed by atoms with van der Waals surface area (Å²) in [4.78, 5) is 27.9. The number of rotatable bonds is 3. The van der Waals surface area contributed by atoms with E-state index in [-0.39, 0.29) is 17.5 Å². The van der Waals surface area contributed by atoms with Crippen LogP contribution in [0.5, 0.6) is 0 Å². The minimum atomic E-state index is -0.197. The average Bonchev–Trinajstić information content (AvgIpc) is 2.68. The molecule has 96 valence electrons. The highest BCUT2D eigenvalue weighted by molar-refractivity contribution is 5.93. The molecule has 6 nitrogen and oxygen atoms in total. The molecule has 18 heavy (non-hydrogen) atoms. The Morgan fingerprint density at radius 1 is 1.50 bits per heavy atom. The molecule has 2 aromatic heterocycles. The molecular weight excluding hydrogens is 232 g/mol. The summed E-state index contributed by atoms with van der Waals surface area (Å²) in [6.07, 6.45) is 1.45. The predicted octanol–water partition coefficient (Wildman–Crippen LogP) is 0.654. The van der Waals surface area contributed by atoms with Crippen LogP contribution in [0.3, 0.4) is 0 Å². The van der Waals surface area contributed by atoms with Gasteiger partial charge in [-0.05, 0) is 20.8 Å². The first-order chi connectivity index (χ1) is 8.54. The Bertz CT molecular complexity index is 639. The molecule has 1 N–H and O–H groups in total. The molecule has 2 rings (SSSR count). The molecule has 6 heteroatoms. The molecule has 0 aliphatic rings. The topological polar surface area (TPSA) is 68.4 Å². The van der Waals surface area contributed by atoms with Crippen molar-refractivity contribution in [2.45, 2.75) is 33.4 Å². The zero-order chi connectivity index (χ0) is 13.3. The highest BCUT2D eigenvalue weighted by atomic mass is 16.2. The van der Waals surface area contributed by atoms with Crippen LogP contribution in [0.1, 0.15) is 31.3 Å². The van der Waals surface area contributed by atoms with E-state index in [1.807, 2.05) is 20.8 Å². The van der Waals surface area contributed by atoms with Gasteiger partial charge < -0.3 is 5.32 Å². The Hall–Kier alpha value is -2.11. The number of hydrogen-bond donors (Lipinski definition) is 1. The van der Waals surface area contributed by atoms with E-state index in [9.17, 15) is 9.59 Å². The predicted molar refractivity (Wildman–Crippen MR) is 67.7 cm³/mol.